The highest BCUT2D eigenvalue weighted by Crippen LogP contribution is 2.29. The summed E-state index contributed by atoms with van der Waals surface area (Å²) in [6.45, 7) is 0.353. The van der Waals surface area contributed by atoms with Gasteiger partial charge in [0.15, 0.2) is 0 Å². The highest BCUT2D eigenvalue weighted by molar-refractivity contribution is 6.04. The maximum Gasteiger partial charge on any atom is 0.327 e. The Bertz CT molecular complexity index is 556. The van der Waals surface area contributed by atoms with Gasteiger partial charge in [-0.1, -0.05) is 24.3 Å². The van der Waals surface area contributed by atoms with Crippen LogP contribution in [-0.2, 0) is 22.6 Å². The van der Waals surface area contributed by atoms with Gasteiger partial charge in [-0.15, -0.1) is 0 Å². The van der Waals surface area contributed by atoms with Crippen LogP contribution in [0.4, 0.5) is 4.79 Å². The lowest BCUT2D eigenvalue weighted by Gasteiger charge is -2.28. The number of hydrogen-bond donors (Lipinski definition) is 1. The van der Waals surface area contributed by atoms with Crippen molar-refractivity contribution in [2.45, 2.75) is 25.4 Å². The molecule has 0 radical (unpaired) electrons. The van der Waals surface area contributed by atoms with E-state index in [1.54, 1.807) is 0 Å². The van der Waals surface area contributed by atoms with E-state index in [1.165, 1.54) is 4.90 Å². The quantitative estimate of drug-likeness (QED) is 0.829. The van der Waals surface area contributed by atoms with Crippen LogP contribution in [-0.4, -0.2) is 45.4 Å². The summed E-state index contributed by atoms with van der Waals surface area (Å²) in [5.41, 5.74) is 2.12. The monoisotopic (exact) mass is 274 g/mol. The van der Waals surface area contributed by atoms with Crippen molar-refractivity contribution in [3.05, 3.63) is 35.4 Å². The van der Waals surface area contributed by atoms with E-state index >= 15 is 0 Å². The fraction of sp³-hybridized carbons (Fsp3) is 0.357. The number of carboxylic acid groups (broad SMARTS) is 1. The van der Waals surface area contributed by atoms with Gasteiger partial charge in [0.05, 0.1) is 6.42 Å². The Morgan fingerprint density at radius 2 is 1.95 bits per heavy atom. The van der Waals surface area contributed by atoms with E-state index in [2.05, 4.69) is 0 Å². The highest BCUT2D eigenvalue weighted by atomic mass is 16.4. The second-order valence-electron chi connectivity index (χ2n) is 5.03. The molecule has 1 aromatic rings. The maximum atomic E-state index is 12.2. The number of benzene rings is 1. The summed E-state index contributed by atoms with van der Waals surface area (Å²) in [6, 6.07) is 6.87. The van der Waals surface area contributed by atoms with Gasteiger partial charge in [0.2, 0.25) is 0 Å². The number of hydrogen-bond acceptors (Lipinski definition) is 3. The molecule has 20 heavy (non-hydrogen) atoms. The van der Waals surface area contributed by atoms with Gasteiger partial charge in [0.25, 0.3) is 5.91 Å². The van der Waals surface area contributed by atoms with Gasteiger partial charge in [0.1, 0.15) is 6.04 Å². The molecule has 1 atom stereocenters. The number of carbonyl (C=O) groups is 3. The summed E-state index contributed by atoms with van der Waals surface area (Å²) in [6.07, 6.45) is 0.287. The molecule has 0 saturated carbocycles. The first-order valence-corrected chi connectivity index (χ1v) is 6.48. The molecule has 2 aliphatic rings. The summed E-state index contributed by atoms with van der Waals surface area (Å²) in [4.78, 5) is 37.6. The minimum absolute atomic E-state index is 0.0592. The molecule has 1 fully saturated rings. The Kier molecular flexibility index (Phi) is 2.93. The first-order chi connectivity index (χ1) is 9.58. The molecule has 6 heteroatoms. The van der Waals surface area contributed by atoms with Crippen LogP contribution in [0.15, 0.2) is 24.3 Å². The van der Waals surface area contributed by atoms with Crippen LogP contribution in [0.25, 0.3) is 0 Å². The Morgan fingerprint density at radius 1 is 1.25 bits per heavy atom. The Morgan fingerprint density at radius 3 is 2.65 bits per heavy atom. The van der Waals surface area contributed by atoms with Crippen molar-refractivity contribution in [1.82, 2.24) is 9.80 Å². The molecule has 1 N–H and O–H groups in total. The van der Waals surface area contributed by atoms with Gasteiger partial charge < -0.3 is 10.0 Å². The van der Waals surface area contributed by atoms with Gasteiger partial charge in [-0.2, -0.15) is 0 Å². The van der Waals surface area contributed by atoms with Crippen LogP contribution in [0.5, 0.6) is 0 Å². The Labute approximate surface area is 115 Å². The summed E-state index contributed by atoms with van der Waals surface area (Å²) in [5, 5.41) is 8.68. The number of amides is 3. The smallest absolute Gasteiger partial charge is 0.327 e. The van der Waals surface area contributed by atoms with E-state index in [0.29, 0.717) is 13.0 Å². The van der Waals surface area contributed by atoms with Gasteiger partial charge in [-0.05, 0) is 11.1 Å². The summed E-state index contributed by atoms with van der Waals surface area (Å²) >= 11 is 0. The lowest BCUT2D eigenvalue weighted by Crippen LogP contribution is -2.39. The normalized spacial score (nSPS) is 20.9. The second-order valence-corrected chi connectivity index (χ2v) is 5.03. The van der Waals surface area contributed by atoms with Crippen molar-refractivity contribution >= 4 is 17.9 Å². The molecule has 3 rings (SSSR count). The molecule has 0 unspecified atom stereocenters. The molecule has 2 heterocycles. The molecule has 0 bridgehead atoms. The molecule has 1 aromatic carbocycles. The van der Waals surface area contributed by atoms with Crippen LogP contribution in [0, 0.1) is 0 Å². The zero-order valence-corrected chi connectivity index (χ0v) is 10.8. The number of fused-ring (bicyclic) bond motifs is 2. The minimum atomic E-state index is -1.02. The molecule has 104 valence electrons. The van der Waals surface area contributed by atoms with E-state index in [4.69, 9.17) is 5.11 Å². The van der Waals surface area contributed by atoms with E-state index in [-0.39, 0.29) is 24.9 Å². The lowest BCUT2D eigenvalue weighted by molar-refractivity contribution is -0.137. The van der Waals surface area contributed by atoms with Crippen LogP contribution < -0.4 is 0 Å². The highest BCUT2D eigenvalue weighted by Gasteiger charge is 2.46. The van der Waals surface area contributed by atoms with Crippen LogP contribution >= 0.6 is 0 Å². The number of aliphatic carboxylic acids is 1. The molecule has 6 nitrogen and oxygen atoms in total. The van der Waals surface area contributed by atoms with Crippen molar-refractivity contribution in [2.75, 3.05) is 6.54 Å². The molecule has 0 aromatic heterocycles. The van der Waals surface area contributed by atoms with Crippen molar-refractivity contribution in [2.24, 2.45) is 0 Å². The molecule has 3 amide bonds. The molecular formula is C14H14N2O4. The Hall–Kier alpha value is -2.37. The molecule has 1 saturated heterocycles. The van der Waals surface area contributed by atoms with E-state index in [1.807, 2.05) is 24.3 Å². The number of nitrogens with zero attached hydrogens (tertiary/aromatic N) is 2. The average molecular weight is 274 g/mol. The average Bonchev–Trinajstić information content (AvgIpc) is 2.66. The van der Waals surface area contributed by atoms with Crippen molar-refractivity contribution < 1.29 is 19.5 Å². The third-order valence-corrected chi connectivity index (χ3v) is 3.83. The number of rotatable bonds is 3. The SMILES string of the molecule is O=C(O)CCN1C(=O)[C@@H]2Cc3ccccc3CN2C1=O. The third-order valence-electron chi connectivity index (χ3n) is 3.83. The standard InChI is InChI=1S/C14H14N2O4/c17-12(18)5-6-15-13(19)11-7-9-3-1-2-4-10(9)8-16(11)14(15)20/h1-4,11H,5-8H2,(H,17,18)/t11-/m0/s1. The van der Waals surface area contributed by atoms with Crippen LogP contribution in [0.2, 0.25) is 0 Å². The summed E-state index contributed by atoms with van der Waals surface area (Å²) < 4.78 is 0. The number of urea groups is 1. The van der Waals surface area contributed by atoms with Crippen LogP contribution in [0.3, 0.4) is 0 Å². The van der Waals surface area contributed by atoms with Crippen LogP contribution in [0.1, 0.15) is 17.5 Å². The number of carboxylic acids is 1. The minimum Gasteiger partial charge on any atom is -0.481 e. The topological polar surface area (TPSA) is 77.9 Å². The third kappa shape index (κ3) is 1.93. The Balaban J connectivity index is 1.83. The maximum absolute atomic E-state index is 12.2. The first kappa shape index (κ1) is 12.7. The largest absolute Gasteiger partial charge is 0.481 e. The first-order valence-electron chi connectivity index (χ1n) is 6.48. The second kappa shape index (κ2) is 4.63. The van der Waals surface area contributed by atoms with Crippen molar-refractivity contribution in [1.29, 1.82) is 0 Å². The van der Waals surface area contributed by atoms with Gasteiger partial charge >= 0.3 is 12.0 Å². The number of carbonyl (C=O) groups excluding carboxylic acids is 2. The molecule has 2 aliphatic heterocycles. The van der Waals surface area contributed by atoms with E-state index in [9.17, 15) is 14.4 Å². The summed E-state index contributed by atoms with van der Waals surface area (Å²) in [5.74, 6) is -1.30. The fourth-order valence-electron chi connectivity index (χ4n) is 2.79. The number of imide groups is 1. The predicted molar refractivity (Wildman–Crippen MR) is 68.8 cm³/mol. The van der Waals surface area contributed by atoms with Gasteiger partial charge in [-0.3, -0.25) is 14.5 Å². The lowest BCUT2D eigenvalue weighted by atomic mass is 9.95. The van der Waals surface area contributed by atoms with Crippen molar-refractivity contribution in [3.8, 4) is 0 Å². The predicted octanol–water partition coefficient (Wildman–Crippen LogP) is 0.850. The fourth-order valence-corrected chi connectivity index (χ4v) is 2.79. The molecule has 0 spiro atoms. The zero-order chi connectivity index (χ0) is 14.3. The van der Waals surface area contributed by atoms with Crippen molar-refractivity contribution in [3.63, 3.8) is 0 Å². The van der Waals surface area contributed by atoms with Gasteiger partial charge in [0, 0.05) is 19.5 Å². The molecular weight excluding hydrogens is 260 g/mol. The molecule has 0 aliphatic carbocycles. The zero-order valence-electron chi connectivity index (χ0n) is 10.8. The van der Waals surface area contributed by atoms with Gasteiger partial charge in [-0.25, -0.2) is 4.79 Å². The van der Waals surface area contributed by atoms with E-state index in [0.717, 1.165) is 16.0 Å². The van der Waals surface area contributed by atoms with E-state index < -0.39 is 12.0 Å². The summed E-state index contributed by atoms with van der Waals surface area (Å²) in [7, 11) is 0.